The fourth-order valence-electron chi connectivity index (χ4n) is 3.62. The molecule has 4 heteroatoms. The van der Waals surface area contributed by atoms with E-state index in [9.17, 15) is 9.90 Å². The highest BCUT2D eigenvalue weighted by Gasteiger charge is 2.35. The van der Waals surface area contributed by atoms with Crippen molar-refractivity contribution in [1.29, 1.82) is 0 Å². The van der Waals surface area contributed by atoms with Crippen LogP contribution in [0, 0.1) is 5.92 Å². The maximum atomic E-state index is 12.6. The Kier molecular flexibility index (Phi) is 4.50. The molecule has 0 aliphatic carbocycles. The summed E-state index contributed by atoms with van der Waals surface area (Å²) in [5.74, 6) is 0.635. The monoisotopic (exact) mass is 302 g/mol. The third-order valence-electron chi connectivity index (χ3n) is 5.06. The summed E-state index contributed by atoms with van der Waals surface area (Å²) in [5, 5.41) is 13.5. The van der Waals surface area contributed by atoms with E-state index in [4.69, 9.17) is 0 Å². The van der Waals surface area contributed by atoms with E-state index in [0.717, 1.165) is 36.4 Å². The molecule has 0 saturated carbocycles. The molecule has 1 aromatic rings. The van der Waals surface area contributed by atoms with Crippen LogP contribution >= 0.6 is 0 Å². The number of aliphatic hydroxyl groups is 1. The van der Waals surface area contributed by atoms with Crippen molar-refractivity contribution in [1.82, 2.24) is 5.32 Å². The summed E-state index contributed by atoms with van der Waals surface area (Å²) in [7, 11) is 0. The molecule has 1 aromatic carbocycles. The average molecular weight is 302 g/mol. The van der Waals surface area contributed by atoms with Crippen molar-refractivity contribution in [3.63, 3.8) is 0 Å². The molecule has 2 aliphatic rings. The van der Waals surface area contributed by atoms with Crippen LogP contribution in [0.2, 0.25) is 0 Å². The number of hydrogen-bond acceptors (Lipinski definition) is 3. The van der Waals surface area contributed by atoms with E-state index >= 15 is 0 Å². The third-order valence-corrected chi connectivity index (χ3v) is 5.06. The molecule has 2 heterocycles. The minimum atomic E-state index is -0.441. The summed E-state index contributed by atoms with van der Waals surface area (Å²) in [6.45, 7) is 6.84. The molecule has 3 rings (SSSR count). The number of rotatable bonds is 4. The van der Waals surface area contributed by atoms with Crippen molar-refractivity contribution in [2.45, 2.75) is 45.1 Å². The second-order valence-electron chi connectivity index (χ2n) is 6.63. The van der Waals surface area contributed by atoms with Crippen LogP contribution in [0.3, 0.4) is 0 Å². The van der Waals surface area contributed by atoms with Gasteiger partial charge in [-0.3, -0.25) is 4.79 Å². The molecule has 1 fully saturated rings. The van der Waals surface area contributed by atoms with E-state index in [-0.39, 0.29) is 11.8 Å². The number of carbonyl (C=O) groups excluding carboxylic acids is 1. The number of fused-ring (bicyclic) bond motifs is 1. The summed E-state index contributed by atoms with van der Waals surface area (Å²) >= 11 is 0. The molecule has 1 saturated heterocycles. The zero-order chi connectivity index (χ0) is 15.7. The maximum Gasteiger partial charge on any atom is 0.234 e. The van der Waals surface area contributed by atoms with E-state index in [0.29, 0.717) is 12.3 Å². The van der Waals surface area contributed by atoms with Gasteiger partial charge in [0.05, 0.1) is 12.0 Å². The standard InChI is InChI=1S/C18H26N2O2/c1-3-17(21)14-6-7-16-15(9-14)12(2)18(22)20(16)11-13-5-4-8-19-10-13/h6-7,9,12-13,17,19,21H,3-5,8,10-11H2,1-2H3. The largest absolute Gasteiger partial charge is 0.388 e. The van der Waals surface area contributed by atoms with Crippen molar-refractivity contribution in [2.75, 3.05) is 24.5 Å². The normalized spacial score (nSPS) is 26.1. The predicted octanol–water partition coefficient (Wildman–Crippen LogP) is 2.58. The lowest BCUT2D eigenvalue weighted by molar-refractivity contribution is -0.119. The number of nitrogens with zero attached hydrogens (tertiary/aromatic N) is 1. The quantitative estimate of drug-likeness (QED) is 0.899. The predicted molar refractivity (Wildman–Crippen MR) is 88.1 cm³/mol. The molecule has 120 valence electrons. The SMILES string of the molecule is CCC(O)c1ccc2c(c1)C(C)C(=O)N2CC1CCCNC1. The number of nitrogens with one attached hydrogen (secondary N) is 1. The maximum absolute atomic E-state index is 12.6. The minimum Gasteiger partial charge on any atom is -0.388 e. The molecule has 3 unspecified atom stereocenters. The first-order valence-corrected chi connectivity index (χ1v) is 8.45. The summed E-state index contributed by atoms with van der Waals surface area (Å²) in [5.41, 5.74) is 3.02. The molecule has 3 atom stereocenters. The average Bonchev–Trinajstić information content (AvgIpc) is 2.80. The lowest BCUT2D eigenvalue weighted by Gasteiger charge is -2.28. The van der Waals surface area contributed by atoms with Crippen molar-refractivity contribution in [3.05, 3.63) is 29.3 Å². The van der Waals surface area contributed by atoms with Crippen molar-refractivity contribution in [2.24, 2.45) is 5.92 Å². The van der Waals surface area contributed by atoms with E-state index < -0.39 is 6.10 Å². The highest BCUT2D eigenvalue weighted by atomic mass is 16.3. The lowest BCUT2D eigenvalue weighted by atomic mass is 9.97. The van der Waals surface area contributed by atoms with Crippen molar-refractivity contribution >= 4 is 11.6 Å². The summed E-state index contributed by atoms with van der Waals surface area (Å²) in [4.78, 5) is 14.6. The second-order valence-corrected chi connectivity index (χ2v) is 6.63. The number of benzene rings is 1. The Morgan fingerprint density at radius 3 is 2.95 bits per heavy atom. The molecule has 0 aromatic heterocycles. The van der Waals surface area contributed by atoms with Crippen LogP contribution in [0.1, 0.15) is 56.3 Å². The van der Waals surface area contributed by atoms with Gasteiger partial charge in [0.25, 0.3) is 0 Å². The van der Waals surface area contributed by atoms with E-state index in [1.807, 2.05) is 36.9 Å². The van der Waals surface area contributed by atoms with Gasteiger partial charge in [-0.25, -0.2) is 0 Å². The van der Waals surface area contributed by atoms with Crippen LogP contribution in [0.25, 0.3) is 0 Å². The Hall–Kier alpha value is -1.39. The topological polar surface area (TPSA) is 52.6 Å². The van der Waals surface area contributed by atoms with Gasteiger partial charge < -0.3 is 15.3 Å². The molecule has 0 radical (unpaired) electrons. The Bertz CT molecular complexity index is 552. The lowest BCUT2D eigenvalue weighted by Crippen LogP contribution is -2.40. The van der Waals surface area contributed by atoms with Crippen LogP contribution in [-0.2, 0) is 4.79 Å². The van der Waals surface area contributed by atoms with Gasteiger partial charge in [0.15, 0.2) is 0 Å². The first kappa shape index (κ1) is 15.5. The zero-order valence-electron chi connectivity index (χ0n) is 13.5. The molecule has 2 aliphatic heterocycles. The highest BCUT2D eigenvalue weighted by molar-refractivity contribution is 6.04. The van der Waals surface area contributed by atoms with Gasteiger partial charge in [-0.2, -0.15) is 0 Å². The van der Waals surface area contributed by atoms with Gasteiger partial charge in [0.2, 0.25) is 5.91 Å². The van der Waals surface area contributed by atoms with Gasteiger partial charge in [-0.05, 0) is 62.4 Å². The number of piperidine rings is 1. The number of anilines is 1. The number of carbonyl (C=O) groups is 1. The second kappa shape index (κ2) is 6.39. The van der Waals surface area contributed by atoms with Gasteiger partial charge in [-0.15, -0.1) is 0 Å². The van der Waals surface area contributed by atoms with E-state index in [1.165, 1.54) is 12.8 Å². The fraction of sp³-hybridized carbons (Fsp3) is 0.611. The minimum absolute atomic E-state index is 0.101. The molecule has 2 N–H and O–H groups in total. The van der Waals surface area contributed by atoms with Gasteiger partial charge >= 0.3 is 0 Å². The zero-order valence-corrected chi connectivity index (χ0v) is 13.5. The Labute approximate surface area is 132 Å². The van der Waals surface area contributed by atoms with Crippen LogP contribution in [0.5, 0.6) is 0 Å². The molecule has 4 nitrogen and oxygen atoms in total. The van der Waals surface area contributed by atoms with Crippen LogP contribution < -0.4 is 10.2 Å². The highest BCUT2D eigenvalue weighted by Crippen LogP contribution is 2.39. The van der Waals surface area contributed by atoms with E-state index in [1.54, 1.807) is 0 Å². The molecule has 1 amide bonds. The van der Waals surface area contributed by atoms with Crippen LogP contribution in [0.4, 0.5) is 5.69 Å². The fourth-order valence-corrected chi connectivity index (χ4v) is 3.62. The summed E-state index contributed by atoms with van der Waals surface area (Å²) < 4.78 is 0. The smallest absolute Gasteiger partial charge is 0.234 e. The Morgan fingerprint density at radius 2 is 2.27 bits per heavy atom. The van der Waals surface area contributed by atoms with Gasteiger partial charge in [0, 0.05) is 12.2 Å². The van der Waals surface area contributed by atoms with Gasteiger partial charge in [0.1, 0.15) is 0 Å². The first-order valence-electron chi connectivity index (χ1n) is 8.45. The van der Waals surface area contributed by atoms with Crippen molar-refractivity contribution in [3.8, 4) is 0 Å². The number of amides is 1. The van der Waals surface area contributed by atoms with Crippen molar-refractivity contribution < 1.29 is 9.90 Å². The molecule has 0 spiro atoms. The number of aliphatic hydroxyl groups excluding tert-OH is 1. The Morgan fingerprint density at radius 1 is 1.45 bits per heavy atom. The summed E-state index contributed by atoms with van der Waals surface area (Å²) in [6.07, 6.45) is 2.63. The third kappa shape index (κ3) is 2.77. The summed E-state index contributed by atoms with van der Waals surface area (Å²) in [6, 6.07) is 6.00. The van der Waals surface area contributed by atoms with E-state index in [2.05, 4.69) is 5.32 Å². The molecule has 22 heavy (non-hydrogen) atoms. The number of hydrogen-bond donors (Lipinski definition) is 2. The first-order chi connectivity index (χ1) is 10.6. The van der Waals surface area contributed by atoms with Gasteiger partial charge in [-0.1, -0.05) is 19.1 Å². The molecule has 0 bridgehead atoms. The Balaban J connectivity index is 1.84. The van der Waals surface area contributed by atoms with Crippen LogP contribution in [-0.4, -0.2) is 30.6 Å². The molecular formula is C18H26N2O2. The van der Waals surface area contributed by atoms with Crippen LogP contribution in [0.15, 0.2) is 18.2 Å². The molecular weight excluding hydrogens is 276 g/mol.